The van der Waals surface area contributed by atoms with E-state index in [4.69, 9.17) is 9.84 Å². The average Bonchev–Trinajstić information content (AvgIpc) is 2.42. The van der Waals surface area contributed by atoms with Crippen LogP contribution in [0.3, 0.4) is 0 Å². The molecule has 1 unspecified atom stereocenters. The predicted molar refractivity (Wildman–Crippen MR) is 70.1 cm³/mol. The van der Waals surface area contributed by atoms with Crippen LogP contribution < -0.4 is 10.6 Å². The van der Waals surface area contributed by atoms with Crippen LogP contribution in [0.2, 0.25) is 0 Å². The summed E-state index contributed by atoms with van der Waals surface area (Å²) in [6.45, 7) is 2.62. The Labute approximate surface area is 111 Å². The first-order chi connectivity index (χ1) is 9.02. The van der Waals surface area contributed by atoms with Gasteiger partial charge in [-0.05, 0) is 24.6 Å². The molecule has 6 heteroatoms. The number of hydrogen-bond acceptors (Lipinski definition) is 3. The zero-order chi connectivity index (χ0) is 14.3. The van der Waals surface area contributed by atoms with E-state index in [0.717, 1.165) is 5.56 Å². The Morgan fingerprint density at radius 1 is 1.26 bits per heavy atom. The highest BCUT2D eigenvalue weighted by Gasteiger charge is 2.05. The summed E-state index contributed by atoms with van der Waals surface area (Å²) in [5, 5.41) is 14.1. The van der Waals surface area contributed by atoms with Gasteiger partial charge in [-0.25, -0.2) is 9.59 Å². The molecule has 0 saturated heterocycles. The Hall–Kier alpha value is -2.08. The number of carbonyl (C=O) groups is 2. The zero-order valence-electron chi connectivity index (χ0n) is 11.0. The maximum Gasteiger partial charge on any atom is 0.335 e. The molecule has 0 fully saturated rings. The molecule has 0 radical (unpaired) electrons. The number of carbonyl (C=O) groups excluding carboxylic acids is 1. The highest BCUT2D eigenvalue weighted by atomic mass is 16.5. The third kappa shape index (κ3) is 5.39. The van der Waals surface area contributed by atoms with Crippen LogP contribution in [0.1, 0.15) is 22.8 Å². The third-order valence-electron chi connectivity index (χ3n) is 2.61. The Balaban J connectivity index is 2.35. The van der Waals surface area contributed by atoms with E-state index in [-0.39, 0.29) is 17.7 Å². The van der Waals surface area contributed by atoms with Gasteiger partial charge < -0.3 is 20.5 Å². The minimum Gasteiger partial charge on any atom is -0.478 e. The molecule has 0 aliphatic rings. The molecule has 1 aromatic carbocycles. The number of amides is 2. The number of methoxy groups -OCH3 is 1. The molecular weight excluding hydrogens is 248 g/mol. The summed E-state index contributed by atoms with van der Waals surface area (Å²) in [5.41, 5.74) is 1.06. The van der Waals surface area contributed by atoms with Gasteiger partial charge in [0.25, 0.3) is 0 Å². The predicted octanol–water partition coefficient (Wildman–Crippen LogP) is 1.22. The van der Waals surface area contributed by atoms with Crippen molar-refractivity contribution in [1.29, 1.82) is 0 Å². The lowest BCUT2D eigenvalue weighted by Crippen LogP contribution is -2.39. The molecule has 3 N–H and O–H groups in total. The van der Waals surface area contributed by atoms with Gasteiger partial charge in [0.2, 0.25) is 0 Å². The second-order valence-electron chi connectivity index (χ2n) is 4.11. The van der Waals surface area contributed by atoms with Crippen LogP contribution in [0.5, 0.6) is 0 Å². The number of rotatable bonds is 6. The Morgan fingerprint density at radius 2 is 1.89 bits per heavy atom. The van der Waals surface area contributed by atoms with E-state index >= 15 is 0 Å². The van der Waals surface area contributed by atoms with Crippen molar-refractivity contribution >= 4 is 12.0 Å². The van der Waals surface area contributed by atoms with Crippen molar-refractivity contribution in [2.45, 2.75) is 19.6 Å². The molecule has 0 aliphatic carbocycles. The minimum absolute atomic E-state index is 0.0411. The molecule has 19 heavy (non-hydrogen) atoms. The van der Waals surface area contributed by atoms with Crippen molar-refractivity contribution in [3.63, 3.8) is 0 Å². The first-order valence-electron chi connectivity index (χ1n) is 5.89. The lowest BCUT2D eigenvalue weighted by Gasteiger charge is -2.11. The molecular formula is C13H18N2O4. The van der Waals surface area contributed by atoms with Crippen LogP contribution >= 0.6 is 0 Å². The Bertz CT molecular complexity index is 431. The molecule has 1 rings (SSSR count). The number of nitrogens with one attached hydrogen (secondary N) is 2. The molecule has 0 aliphatic heterocycles. The Kier molecular flexibility index (Phi) is 5.81. The van der Waals surface area contributed by atoms with Crippen LogP contribution in [0.4, 0.5) is 4.79 Å². The number of carboxylic acid groups (broad SMARTS) is 1. The number of urea groups is 1. The van der Waals surface area contributed by atoms with E-state index in [2.05, 4.69) is 10.6 Å². The molecule has 6 nitrogen and oxygen atoms in total. The van der Waals surface area contributed by atoms with Gasteiger partial charge >= 0.3 is 12.0 Å². The molecule has 1 aromatic rings. The summed E-state index contributed by atoms with van der Waals surface area (Å²) < 4.78 is 5.00. The van der Waals surface area contributed by atoms with Gasteiger partial charge in [0.05, 0.1) is 11.7 Å². The summed E-state index contributed by atoms with van der Waals surface area (Å²) in [7, 11) is 1.58. The smallest absolute Gasteiger partial charge is 0.335 e. The number of benzene rings is 1. The zero-order valence-corrected chi connectivity index (χ0v) is 11.0. The molecule has 0 spiro atoms. The normalized spacial score (nSPS) is 11.7. The third-order valence-corrected chi connectivity index (χ3v) is 2.61. The van der Waals surface area contributed by atoms with E-state index < -0.39 is 5.97 Å². The second-order valence-corrected chi connectivity index (χ2v) is 4.11. The minimum atomic E-state index is -0.967. The summed E-state index contributed by atoms with van der Waals surface area (Å²) in [5.74, 6) is -0.967. The number of ether oxygens (including phenoxy) is 1. The van der Waals surface area contributed by atoms with E-state index in [9.17, 15) is 9.59 Å². The number of hydrogen-bond donors (Lipinski definition) is 3. The molecule has 0 bridgehead atoms. The van der Waals surface area contributed by atoms with Gasteiger partial charge in [0.1, 0.15) is 0 Å². The molecule has 0 aromatic heterocycles. The van der Waals surface area contributed by atoms with Crippen molar-refractivity contribution in [2.75, 3.05) is 13.7 Å². The fraction of sp³-hybridized carbons (Fsp3) is 0.385. The van der Waals surface area contributed by atoms with Crippen LogP contribution in [0.15, 0.2) is 24.3 Å². The van der Waals surface area contributed by atoms with Gasteiger partial charge in [0.15, 0.2) is 0 Å². The van der Waals surface area contributed by atoms with Crippen molar-refractivity contribution in [3.05, 3.63) is 35.4 Å². The maximum absolute atomic E-state index is 11.4. The lowest BCUT2D eigenvalue weighted by atomic mass is 10.1. The fourth-order valence-corrected chi connectivity index (χ4v) is 1.33. The van der Waals surface area contributed by atoms with Crippen LogP contribution in [-0.4, -0.2) is 36.9 Å². The SMILES string of the molecule is COC(C)CNC(=O)NCc1ccc(C(=O)O)cc1. The van der Waals surface area contributed by atoms with E-state index in [1.54, 1.807) is 19.2 Å². The highest BCUT2D eigenvalue weighted by molar-refractivity contribution is 5.87. The number of aromatic carboxylic acids is 1. The van der Waals surface area contributed by atoms with Crippen LogP contribution in [0.25, 0.3) is 0 Å². The molecule has 104 valence electrons. The Morgan fingerprint density at radius 3 is 2.42 bits per heavy atom. The van der Waals surface area contributed by atoms with Crippen molar-refractivity contribution in [2.24, 2.45) is 0 Å². The molecule has 2 amide bonds. The van der Waals surface area contributed by atoms with Gasteiger partial charge in [-0.1, -0.05) is 12.1 Å². The van der Waals surface area contributed by atoms with E-state index in [1.165, 1.54) is 12.1 Å². The highest BCUT2D eigenvalue weighted by Crippen LogP contribution is 2.04. The van der Waals surface area contributed by atoms with Gasteiger partial charge in [-0.3, -0.25) is 0 Å². The van der Waals surface area contributed by atoms with Crippen molar-refractivity contribution < 1.29 is 19.4 Å². The van der Waals surface area contributed by atoms with Gasteiger partial charge in [-0.2, -0.15) is 0 Å². The average molecular weight is 266 g/mol. The number of carboxylic acids is 1. The summed E-state index contributed by atoms with van der Waals surface area (Å²) in [6, 6.07) is 6.06. The summed E-state index contributed by atoms with van der Waals surface area (Å²) >= 11 is 0. The largest absolute Gasteiger partial charge is 0.478 e. The first-order valence-corrected chi connectivity index (χ1v) is 5.89. The van der Waals surface area contributed by atoms with E-state index in [0.29, 0.717) is 13.1 Å². The second kappa shape index (κ2) is 7.38. The van der Waals surface area contributed by atoms with Crippen molar-refractivity contribution in [3.8, 4) is 0 Å². The first kappa shape index (κ1) is 15.0. The quantitative estimate of drug-likeness (QED) is 0.722. The van der Waals surface area contributed by atoms with Crippen molar-refractivity contribution in [1.82, 2.24) is 10.6 Å². The van der Waals surface area contributed by atoms with E-state index in [1.807, 2.05) is 6.92 Å². The monoisotopic (exact) mass is 266 g/mol. The van der Waals surface area contributed by atoms with Gasteiger partial charge in [-0.15, -0.1) is 0 Å². The lowest BCUT2D eigenvalue weighted by molar-refractivity contribution is 0.0697. The van der Waals surface area contributed by atoms with Gasteiger partial charge in [0, 0.05) is 20.2 Å². The maximum atomic E-state index is 11.4. The molecule has 0 saturated carbocycles. The summed E-state index contributed by atoms with van der Waals surface area (Å²) in [4.78, 5) is 22.1. The standard InChI is InChI=1S/C13H18N2O4/c1-9(19-2)7-14-13(18)15-8-10-3-5-11(6-4-10)12(16)17/h3-6,9H,7-8H2,1-2H3,(H,16,17)(H2,14,15,18). The molecule has 0 heterocycles. The fourth-order valence-electron chi connectivity index (χ4n) is 1.33. The molecule has 1 atom stereocenters. The summed E-state index contributed by atoms with van der Waals surface area (Å²) in [6.07, 6.45) is -0.0411. The van der Waals surface area contributed by atoms with Crippen LogP contribution in [0, 0.1) is 0 Å². The van der Waals surface area contributed by atoms with Crippen LogP contribution in [-0.2, 0) is 11.3 Å². The topological polar surface area (TPSA) is 87.7 Å².